The number of rotatable bonds is 8. The van der Waals surface area contributed by atoms with Crippen LogP contribution in [-0.4, -0.2) is 51.6 Å². The predicted molar refractivity (Wildman–Crippen MR) is 138 cm³/mol. The molecular formula is C28H29ClN2O5. The average molecular weight is 509 g/mol. The summed E-state index contributed by atoms with van der Waals surface area (Å²) in [6, 6.07) is 17.8. The lowest BCUT2D eigenvalue weighted by Gasteiger charge is -2.40. The molecule has 1 heterocycles. The van der Waals surface area contributed by atoms with Crippen molar-refractivity contribution in [2.75, 3.05) is 34.9 Å². The van der Waals surface area contributed by atoms with Gasteiger partial charge in [0.2, 0.25) is 5.91 Å². The zero-order chi connectivity index (χ0) is 25.8. The van der Waals surface area contributed by atoms with E-state index in [-0.39, 0.29) is 11.8 Å². The van der Waals surface area contributed by atoms with Gasteiger partial charge in [0.15, 0.2) is 11.5 Å². The molecule has 0 spiro atoms. The Morgan fingerprint density at radius 3 is 2.19 bits per heavy atom. The van der Waals surface area contributed by atoms with Crippen LogP contribution in [0, 0.1) is 0 Å². The zero-order valence-electron chi connectivity index (χ0n) is 20.7. The van der Waals surface area contributed by atoms with Crippen LogP contribution in [0.25, 0.3) is 0 Å². The summed E-state index contributed by atoms with van der Waals surface area (Å²) in [5, 5.41) is 3.74. The van der Waals surface area contributed by atoms with Crippen molar-refractivity contribution < 1.29 is 23.8 Å². The molecule has 3 aromatic carbocycles. The summed E-state index contributed by atoms with van der Waals surface area (Å²) in [4.78, 5) is 28.8. The summed E-state index contributed by atoms with van der Waals surface area (Å²) in [5.74, 6) is 0.541. The molecule has 0 aliphatic carbocycles. The number of fused-ring (bicyclic) bond motifs is 1. The minimum Gasteiger partial charge on any atom is -0.497 e. The molecule has 0 saturated heterocycles. The van der Waals surface area contributed by atoms with E-state index in [1.807, 2.05) is 48.5 Å². The highest BCUT2D eigenvalue weighted by Gasteiger charge is 2.43. The molecule has 0 fully saturated rings. The lowest BCUT2D eigenvalue weighted by Crippen LogP contribution is -2.46. The third kappa shape index (κ3) is 4.97. The molecule has 0 aromatic heterocycles. The van der Waals surface area contributed by atoms with Gasteiger partial charge in [-0.1, -0.05) is 35.9 Å². The lowest BCUT2D eigenvalue weighted by atomic mass is 9.79. The summed E-state index contributed by atoms with van der Waals surface area (Å²) >= 11 is 5.98. The normalized spacial score (nSPS) is 16.8. The first-order chi connectivity index (χ1) is 17.4. The maximum Gasteiger partial charge on any atom is 0.254 e. The number of carbonyl (C=O) groups is 2. The fourth-order valence-electron chi connectivity index (χ4n) is 4.64. The van der Waals surface area contributed by atoms with Gasteiger partial charge in [-0.2, -0.15) is 0 Å². The van der Waals surface area contributed by atoms with Gasteiger partial charge < -0.3 is 24.4 Å². The third-order valence-electron chi connectivity index (χ3n) is 6.54. The highest BCUT2D eigenvalue weighted by molar-refractivity contribution is 6.30. The van der Waals surface area contributed by atoms with E-state index in [1.54, 1.807) is 31.2 Å². The summed E-state index contributed by atoms with van der Waals surface area (Å²) in [6.07, 6.45) is 0.649. The number of halogens is 1. The molecule has 2 amide bonds. The Kier molecular flexibility index (Phi) is 7.70. The molecule has 36 heavy (non-hydrogen) atoms. The smallest absolute Gasteiger partial charge is 0.254 e. The van der Waals surface area contributed by atoms with Gasteiger partial charge in [-0.25, -0.2) is 0 Å². The first kappa shape index (κ1) is 25.4. The van der Waals surface area contributed by atoms with Crippen LogP contribution in [0.1, 0.15) is 39.0 Å². The molecule has 3 aromatic rings. The van der Waals surface area contributed by atoms with Crippen molar-refractivity contribution in [2.24, 2.45) is 0 Å². The molecular weight excluding hydrogens is 480 g/mol. The number of carbonyl (C=O) groups excluding carboxylic acids is 2. The van der Waals surface area contributed by atoms with Gasteiger partial charge in [0, 0.05) is 24.2 Å². The predicted octanol–water partition coefficient (Wildman–Crippen LogP) is 4.64. The van der Waals surface area contributed by atoms with Gasteiger partial charge in [-0.05, 0) is 59.5 Å². The van der Waals surface area contributed by atoms with Crippen molar-refractivity contribution in [1.29, 1.82) is 0 Å². The van der Waals surface area contributed by atoms with E-state index in [2.05, 4.69) is 5.32 Å². The Hall–Kier alpha value is -3.71. The third-order valence-corrected chi connectivity index (χ3v) is 6.79. The molecule has 0 bridgehead atoms. The van der Waals surface area contributed by atoms with Crippen molar-refractivity contribution in [3.63, 3.8) is 0 Å². The van der Waals surface area contributed by atoms with Crippen LogP contribution in [0.2, 0.25) is 5.02 Å². The van der Waals surface area contributed by atoms with E-state index in [1.165, 1.54) is 14.2 Å². The second-order valence-electron chi connectivity index (χ2n) is 8.57. The number of nitrogens with zero attached hydrogens (tertiary/aromatic N) is 1. The molecule has 4 rings (SSSR count). The number of amides is 2. The van der Waals surface area contributed by atoms with Gasteiger partial charge in [-0.3, -0.25) is 9.59 Å². The van der Waals surface area contributed by atoms with E-state index >= 15 is 0 Å². The van der Waals surface area contributed by atoms with Gasteiger partial charge in [0.25, 0.3) is 5.91 Å². The largest absolute Gasteiger partial charge is 0.497 e. The topological polar surface area (TPSA) is 77.1 Å². The zero-order valence-corrected chi connectivity index (χ0v) is 21.5. The number of methoxy groups -OCH3 is 3. The summed E-state index contributed by atoms with van der Waals surface area (Å²) < 4.78 is 16.2. The van der Waals surface area contributed by atoms with Crippen LogP contribution < -0.4 is 19.5 Å². The Morgan fingerprint density at radius 1 is 0.944 bits per heavy atom. The molecule has 0 radical (unpaired) electrons. The quantitative estimate of drug-likeness (QED) is 0.480. The fourth-order valence-corrected chi connectivity index (χ4v) is 4.77. The minimum absolute atomic E-state index is 0.183. The number of likely N-dealkylation sites (N-methyl/N-ethyl adjacent to an activating group) is 1. The molecule has 0 saturated carbocycles. The first-order valence-corrected chi connectivity index (χ1v) is 11.9. The highest BCUT2D eigenvalue weighted by Crippen LogP contribution is 2.45. The van der Waals surface area contributed by atoms with Crippen molar-refractivity contribution in [2.45, 2.75) is 18.4 Å². The van der Waals surface area contributed by atoms with Crippen molar-refractivity contribution >= 4 is 23.4 Å². The van der Waals surface area contributed by atoms with E-state index < -0.39 is 12.0 Å². The van der Waals surface area contributed by atoms with E-state index in [0.717, 1.165) is 11.1 Å². The van der Waals surface area contributed by atoms with Crippen LogP contribution in [0.4, 0.5) is 0 Å². The second-order valence-corrected chi connectivity index (χ2v) is 9.01. The molecule has 7 nitrogen and oxygen atoms in total. The first-order valence-electron chi connectivity index (χ1n) is 11.6. The maximum absolute atomic E-state index is 13.8. The highest BCUT2D eigenvalue weighted by atomic mass is 35.5. The Balaban J connectivity index is 1.72. The summed E-state index contributed by atoms with van der Waals surface area (Å²) in [7, 11) is 6.36. The van der Waals surface area contributed by atoms with Gasteiger partial charge >= 0.3 is 0 Å². The SMILES string of the molecule is COc1ccc([C@@H]2[C@H](C(=O)NCCc3ccc(Cl)cc3)c3cc(OC)c(OC)cc3C(=O)N2C)cc1. The van der Waals surface area contributed by atoms with Crippen LogP contribution in [0.5, 0.6) is 17.2 Å². The van der Waals surface area contributed by atoms with Crippen molar-refractivity contribution in [1.82, 2.24) is 10.2 Å². The fraction of sp³-hybridized carbons (Fsp3) is 0.286. The number of ether oxygens (including phenoxy) is 3. The Bertz CT molecular complexity index is 1240. The molecule has 2 atom stereocenters. The molecule has 1 aliphatic heterocycles. The summed E-state index contributed by atoms with van der Waals surface area (Å²) in [6.45, 7) is 0.437. The molecule has 1 aliphatic rings. The van der Waals surface area contributed by atoms with Crippen LogP contribution >= 0.6 is 11.6 Å². The standard InChI is InChI=1S/C28H29ClN2O5/c1-31-26(18-7-11-20(34-2)12-8-18)25(27(32)30-14-13-17-5-9-19(29)10-6-17)21-15-23(35-3)24(36-4)16-22(21)28(31)33/h5-12,15-16,25-26H,13-14H2,1-4H3,(H,30,32)/t25-,26-/m1/s1. The van der Waals surface area contributed by atoms with E-state index in [4.69, 9.17) is 25.8 Å². The molecule has 1 N–H and O–H groups in total. The van der Waals surface area contributed by atoms with Crippen molar-refractivity contribution in [3.05, 3.63) is 87.9 Å². The number of benzene rings is 3. The Labute approximate surface area is 215 Å². The van der Waals surface area contributed by atoms with Gasteiger partial charge in [0.1, 0.15) is 5.75 Å². The number of hydrogen-bond acceptors (Lipinski definition) is 5. The Morgan fingerprint density at radius 2 is 1.58 bits per heavy atom. The monoisotopic (exact) mass is 508 g/mol. The van der Waals surface area contributed by atoms with Gasteiger partial charge in [0.05, 0.1) is 33.3 Å². The maximum atomic E-state index is 13.8. The molecule has 8 heteroatoms. The van der Waals surface area contributed by atoms with E-state index in [0.29, 0.717) is 46.4 Å². The number of nitrogens with one attached hydrogen (secondary N) is 1. The van der Waals surface area contributed by atoms with Crippen molar-refractivity contribution in [3.8, 4) is 17.2 Å². The molecule has 0 unspecified atom stereocenters. The average Bonchev–Trinajstić information content (AvgIpc) is 2.90. The second kappa shape index (κ2) is 10.9. The summed E-state index contributed by atoms with van der Waals surface area (Å²) in [5.41, 5.74) is 2.90. The number of hydrogen-bond donors (Lipinski definition) is 1. The minimum atomic E-state index is -0.666. The van der Waals surface area contributed by atoms with Crippen LogP contribution in [0.15, 0.2) is 60.7 Å². The van der Waals surface area contributed by atoms with E-state index in [9.17, 15) is 9.59 Å². The van der Waals surface area contributed by atoms with Crippen LogP contribution in [0.3, 0.4) is 0 Å². The lowest BCUT2D eigenvalue weighted by molar-refractivity contribution is -0.124. The molecule has 188 valence electrons. The van der Waals surface area contributed by atoms with Gasteiger partial charge in [-0.15, -0.1) is 0 Å². The van der Waals surface area contributed by atoms with Crippen LogP contribution in [-0.2, 0) is 11.2 Å².